The Morgan fingerprint density at radius 2 is 1.71 bits per heavy atom. The first kappa shape index (κ1) is 25.0. The normalized spacial score (nSPS) is 27.1. The van der Waals surface area contributed by atoms with Crippen LogP contribution in [0, 0.1) is 11.3 Å². The molecule has 1 aromatic rings. The molecule has 0 aromatic heterocycles. The quantitative estimate of drug-likeness (QED) is 0.639. The van der Waals surface area contributed by atoms with E-state index in [1.165, 1.54) is 24.2 Å². The number of benzene rings is 1. The number of fused-ring (bicyclic) bond motifs is 1. The summed E-state index contributed by atoms with van der Waals surface area (Å²) >= 11 is 0. The molecule has 3 amide bonds. The number of rotatable bonds is 3. The van der Waals surface area contributed by atoms with E-state index in [9.17, 15) is 19.2 Å². The Labute approximate surface area is 206 Å². The van der Waals surface area contributed by atoms with Gasteiger partial charge in [-0.25, -0.2) is 4.79 Å². The number of likely N-dealkylation sites (tertiary alicyclic amines) is 1. The Morgan fingerprint density at radius 3 is 2.34 bits per heavy atom. The summed E-state index contributed by atoms with van der Waals surface area (Å²) in [5.74, 6) is -3.20. The van der Waals surface area contributed by atoms with Crippen molar-refractivity contribution in [2.45, 2.75) is 65.0 Å². The minimum atomic E-state index is -1.48. The largest absolute Gasteiger partial charge is 0.444 e. The van der Waals surface area contributed by atoms with Gasteiger partial charge in [-0.2, -0.15) is 0 Å². The Morgan fingerprint density at radius 1 is 1.06 bits per heavy atom. The van der Waals surface area contributed by atoms with E-state index in [2.05, 4.69) is 15.5 Å². The molecule has 0 spiro atoms. The Hall–Kier alpha value is -3.10. The predicted octanol–water partition coefficient (Wildman–Crippen LogP) is 2.95. The van der Waals surface area contributed by atoms with Crippen LogP contribution in [0.25, 0.3) is 0 Å². The van der Waals surface area contributed by atoms with Gasteiger partial charge in [0, 0.05) is 43.6 Å². The van der Waals surface area contributed by atoms with Crippen LogP contribution in [0.3, 0.4) is 0 Å². The molecular weight excluding hydrogens is 448 g/mol. The second kappa shape index (κ2) is 9.51. The van der Waals surface area contributed by atoms with E-state index in [4.69, 9.17) is 4.74 Å². The number of Topliss-reactive ketones (excluding diaryl/α,β-unsaturated/α-hetero) is 1. The van der Waals surface area contributed by atoms with Crippen LogP contribution in [0.1, 0.15) is 53.4 Å². The van der Waals surface area contributed by atoms with E-state index in [1.807, 2.05) is 12.1 Å². The van der Waals surface area contributed by atoms with Crippen LogP contribution in [0.5, 0.6) is 0 Å². The van der Waals surface area contributed by atoms with Gasteiger partial charge in [-0.1, -0.05) is 0 Å². The van der Waals surface area contributed by atoms with E-state index < -0.39 is 46.7 Å². The number of nitrogens with zero attached hydrogens (tertiary/aromatic N) is 2. The molecule has 0 radical (unpaired) electrons. The summed E-state index contributed by atoms with van der Waals surface area (Å²) in [7, 11) is 0. The number of ether oxygens (including phenoxy) is 1. The molecule has 1 aromatic carbocycles. The van der Waals surface area contributed by atoms with E-state index in [-0.39, 0.29) is 6.54 Å². The third-order valence-corrected chi connectivity index (χ3v) is 7.15. The maximum absolute atomic E-state index is 13.5. The number of amides is 3. The molecule has 2 N–H and O–H groups in total. The Kier molecular flexibility index (Phi) is 6.79. The first-order valence-electron chi connectivity index (χ1n) is 12.5. The van der Waals surface area contributed by atoms with Crippen molar-refractivity contribution in [1.82, 2.24) is 10.2 Å². The van der Waals surface area contributed by atoms with Crippen LogP contribution in [-0.2, 0) is 19.1 Å². The highest BCUT2D eigenvalue weighted by molar-refractivity contribution is 6.24. The fourth-order valence-electron chi connectivity index (χ4n) is 5.22. The molecule has 0 bridgehead atoms. The lowest BCUT2D eigenvalue weighted by Gasteiger charge is -2.49. The lowest BCUT2D eigenvalue weighted by atomic mass is 9.67. The number of carbonyl (C=O) groups is 4. The van der Waals surface area contributed by atoms with Crippen LogP contribution in [-0.4, -0.2) is 66.4 Å². The molecule has 1 unspecified atom stereocenters. The lowest BCUT2D eigenvalue weighted by Crippen LogP contribution is -2.69. The zero-order valence-electron chi connectivity index (χ0n) is 21.1. The molecule has 190 valence electrons. The van der Waals surface area contributed by atoms with Crippen LogP contribution in [0.15, 0.2) is 24.3 Å². The highest BCUT2D eigenvalue weighted by Crippen LogP contribution is 2.37. The summed E-state index contributed by atoms with van der Waals surface area (Å²) in [4.78, 5) is 55.8. The average molecular weight is 485 g/mol. The molecule has 9 nitrogen and oxygen atoms in total. The van der Waals surface area contributed by atoms with Crippen LogP contribution in [0.2, 0.25) is 0 Å². The second-order valence-corrected chi connectivity index (χ2v) is 11.1. The fourth-order valence-corrected chi connectivity index (χ4v) is 5.22. The van der Waals surface area contributed by atoms with Gasteiger partial charge in [0.15, 0.2) is 11.7 Å². The maximum atomic E-state index is 13.5. The smallest absolute Gasteiger partial charge is 0.410 e. The zero-order chi connectivity index (χ0) is 25.4. The van der Waals surface area contributed by atoms with E-state index in [0.717, 1.165) is 18.8 Å². The standard InChI is InChI=1S/C26H36N4O5/c1-25(2,3)35-24(34)30-15-12-19-26(4,16-30)21(31)20(23(33)28-19)22(32)27-17-8-10-18(11-9-17)29-13-6-5-7-14-29/h8-11,19-20H,5-7,12-16H2,1-4H3,(H,27,32)(H,28,33)/t19-,20?,26+/m1/s1. The van der Waals surface area contributed by atoms with Gasteiger partial charge in [0.05, 0.1) is 5.41 Å². The fraction of sp³-hybridized carbons (Fsp3) is 0.615. The van der Waals surface area contributed by atoms with E-state index in [1.54, 1.807) is 39.8 Å². The Balaban J connectivity index is 1.45. The van der Waals surface area contributed by atoms with Crippen molar-refractivity contribution < 1.29 is 23.9 Å². The molecule has 0 saturated carbocycles. The topological polar surface area (TPSA) is 108 Å². The summed E-state index contributed by atoms with van der Waals surface area (Å²) in [5.41, 5.74) is -0.119. The van der Waals surface area contributed by atoms with E-state index >= 15 is 0 Å². The summed E-state index contributed by atoms with van der Waals surface area (Å²) in [6.45, 7) is 9.54. The summed E-state index contributed by atoms with van der Waals surface area (Å²) < 4.78 is 5.47. The molecule has 3 saturated heterocycles. The molecule has 3 aliphatic heterocycles. The van der Waals surface area contributed by atoms with Crippen molar-refractivity contribution in [3.63, 3.8) is 0 Å². The number of carbonyl (C=O) groups excluding carboxylic acids is 4. The molecule has 9 heteroatoms. The number of nitrogens with one attached hydrogen (secondary N) is 2. The predicted molar refractivity (Wildman–Crippen MR) is 132 cm³/mol. The van der Waals surface area contributed by atoms with Crippen molar-refractivity contribution >= 4 is 35.1 Å². The number of hydrogen-bond acceptors (Lipinski definition) is 6. The van der Waals surface area contributed by atoms with Gasteiger partial charge in [-0.05, 0) is 77.6 Å². The maximum Gasteiger partial charge on any atom is 0.410 e. The summed E-state index contributed by atoms with van der Waals surface area (Å²) in [6.07, 6.45) is 3.50. The van der Waals surface area contributed by atoms with Crippen molar-refractivity contribution in [1.29, 1.82) is 0 Å². The minimum absolute atomic E-state index is 0.0833. The molecule has 35 heavy (non-hydrogen) atoms. The Bertz CT molecular complexity index is 996. The van der Waals surface area contributed by atoms with Crippen LogP contribution in [0.4, 0.5) is 16.2 Å². The van der Waals surface area contributed by atoms with Gasteiger partial charge < -0.3 is 25.2 Å². The first-order valence-corrected chi connectivity index (χ1v) is 12.5. The molecule has 3 aliphatic rings. The van der Waals surface area contributed by atoms with Gasteiger partial charge in [0.1, 0.15) is 5.60 Å². The summed E-state index contributed by atoms with van der Waals surface area (Å²) in [5, 5.41) is 5.60. The number of piperidine rings is 3. The van der Waals surface area contributed by atoms with Crippen molar-refractivity contribution in [3.05, 3.63) is 24.3 Å². The number of ketones is 1. The third kappa shape index (κ3) is 5.28. The number of anilines is 2. The highest BCUT2D eigenvalue weighted by atomic mass is 16.6. The van der Waals surface area contributed by atoms with Gasteiger partial charge in [0.25, 0.3) is 0 Å². The molecule has 4 rings (SSSR count). The van der Waals surface area contributed by atoms with Gasteiger partial charge >= 0.3 is 6.09 Å². The van der Waals surface area contributed by atoms with Crippen molar-refractivity contribution in [2.24, 2.45) is 11.3 Å². The second-order valence-electron chi connectivity index (χ2n) is 11.1. The zero-order valence-corrected chi connectivity index (χ0v) is 21.1. The molecule has 3 fully saturated rings. The summed E-state index contributed by atoms with van der Waals surface area (Å²) in [6, 6.07) is 7.04. The van der Waals surface area contributed by atoms with Gasteiger partial charge in [-0.3, -0.25) is 14.4 Å². The van der Waals surface area contributed by atoms with Crippen LogP contribution >= 0.6 is 0 Å². The van der Waals surface area contributed by atoms with Crippen molar-refractivity contribution in [3.8, 4) is 0 Å². The van der Waals surface area contributed by atoms with Gasteiger partial charge in [-0.15, -0.1) is 0 Å². The van der Waals surface area contributed by atoms with Crippen LogP contribution < -0.4 is 15.5 Å². The number of hydrogen-bond donors (Lipinski definition) is 2. The van der Waals surface area contributed by atoms with E-state index in [0.29, 0.717) is 18.7 Å². The molecular formula is C26H36N4O5. The lowest BCUT2D eigenvalue weighted by molar-refractivity contribution is -0.153. The average Bonchev–Trinajstić information content (AvgIpc) is 2.80. The minimum Gasteiger partial charge on any atom is -0.444 e. The highest BCUT2D eigenvalue weighted by Gasteiger charge is 2.56. The molecule has 3 heterocycles. The molecule has 3 atom stereocenters. The van der Waals surface area contributed by atoms with Crippen molar-refractivity contribution in [2.75, 3.05) is 36.4 Å². The molecule has 0 aliphatic carbocycles. The van der Waals surface area contributed by atoms with Gasteiger partial charge in [0.2, 0.25) is 11.8 Å². The third-order valence-electron chi connectivity index (χ3n) is 7.15. The monoisotopic (exact) mass is 484 g/mol. The SMILES string of the molecule is CC(C)(C)OC(=O)N1CC[C@H]2NC(=O)C(C(=O)Nc3ccc(N4CCCCC4)cc3)C(=O)[C@@]2(C)C1. The first-order chi connectivity index (χ1) is 16.5.